The van der Waals surface area contributed by atoms with Gasteiger partial charge in [-0.15, -0.1) is 0 Å². The van der Waals surface area contributed by atoms with E-state index in [1.54, 1.807) is 6.07 Å². The summed E-state index contributed by atoms with van der Waals surface area (Å²) in [4.78, 5) is 0. The molecular formula is C13H12Br2FNO. The van der Waals surface area contributed by atoms with Gasteiger partial charge in [0.25, 0.3) is 0 Å². The van der Waals surface area contributed by atoms with Crippen molar-refractivity contribution in [2.24, 2.45) is 0 Å². The van der Waals surface area contributed by atoms with Gasteiger partial charge in [0, 0.05) is 0 Å². The van der Waals surface area contributed by atoms with E-state index in [0.717, 1.165) is 11.3 Å². The van der Waals surface area contributed by atoms with Crippen LogP contribution < -0.4 is 5.32 Å². The lowest BCUT2D eigenvalue weighted by molar-refractivity contribution is 0.416. The number of hydrogen-bond donors (Lipinski definition) is 1. The number of halogens is 3. The SMILES string of the molecule is CNC(Cc1cccc(F)c1Br)c1ccc(Br)o1. The van der Waals surface area contributed by atoms with Crippen molar-refractivity contribution in [3.63, 3.8) is 0 Å². The van der Waals surface area contributed by atoms with Gasteiger partial charge in [0.1, 0.15) is 11.6 Å². The Morgan fingerprint density at radius 1 is 1.28 bits per heavy atom. The van der Waals surface area contributed by atoms with Crippen LogP contribution in [0.4, 0.5) is 4.39 Å². The number of likely N-dealkylation sites (N-methyl/N-ethyl adjacent to an activating group) is 1. The van der Waals surface area contributed by atoms with Crippen molar-refractivity contribution < 1.29 is 8.81 Å². The topological polar surface area (TPSA) is 25.2 Å². The lowest BCUT2D eigenvalue weighted by atomic mass is 10.0. The maximum atomic E-state index is 13.4. The third kappa shape index (κ3) is 3.02. The summed E-state index contributed by atoms with van der Waals surface area (Å²) in [5, 5.41) is 3.17. The molecular weight excluding hydrogens is 365 g/mol. The van der Waals surface area contributed by atoms with Crippen LogP contribution in [-0.2, 0) is 6.42 Å². The van der Waals surface area contributed by atoms with Crippen LogP contribution in [0.2, 0.25) is 0 Å². The lowest BCUT2D eigenvalue weighted by Gasteiger charge is -2.14. The molecule has 0 spiro atoms. The molecule has 96 valence electrons. The van der Waals surface area contributed by atoms with Crippen molar-refractivity contribution in [3.8, 4) is 0 Å². The average molecular weight is 377 g/mol. The Hall–Kier alpha value is -0.650. The Kier molecular flexibility index (Phi) is 4.59. The van der Waals surface area contributed by atoms with E-state index in [2.05, 4.69) is 37.2 Å². The molecule has 1 aromatic carbocycles. The third-order valence-electron chi connectivity index (χ3n) is 2.74. The van der Waals surface area contributed by atoms with Crippen molar-refractivity contribution in [2.75, 3.05) is 7.05 Å². The van der Waals surface area contributed by atoms with Crippen molar-refractivity contribution in [1.82, 2.24) is 5.32 Å². The van der Waals surface area contributed by atoms with Gasteiger partial charge < -0.3 is 9.73 Å². The van der Waals surface area contributed by atoms with Gasteiger partial charge in [0.05, 0.1) is 10.5 Å². The van der Waals surface area contributed by atoms with Crippen LogP contribution in [0.3, 0.4) is 0 Å². The van der Waals surface area contributed by atoms with Gasteiger partial charge in [-0.2, -0.15) is 0 Å². The molecule has 2 rings (SSSR count). The van der Waals surface area contributed by atoms with Crippen molar-refractivity contribution >= 4 is 31.9 Å². The number of hydrogen-bond acceptors (Lipinski definition) is 2. The maximum absolute atomic E-state index is 13.4. The monoisotopic (exact) mass is 375 g/mol. The predicted molar refractivity (Wildman–Crippen MR) is 76.0 cm³/mol. The largest absolute Gasteiger partial charge is 0.453 e. The molecule has 18 heavy (non-hydrogen) atoms. The highest BCUT2D eigenvalue weighted by Crippen LogP contribution is 2.27. The van der Waals surface area contributed by atoms with Gasteiger partial charge in [-0.05, 0) is 69.1 Å². The molecule has 0 amide bonds. The Morgan fingerprint density at radius 2 is 2.06 bits per heavy atom. The van der Waals surface area contributed by atoms with Crippen LogP contribution in [0.5, 0.6) is 0 Å². The first kappa shape index (κ1) is 13.8. The number of rotatable bonds is 4. The highest BCUT2D eigenvalue weighted by Gasteiger charge is 2.16. The van der Waals surface area contributed by atoms with E-state index in [9.17, 15) is 4.39 Å². The van der Waals surface area contributed by atoms with E-state index in [1.807, 2.05) is 25.2 Å². The molecule has 0 aliphatic carbocycles. The van der Waals surface area contributed by atoms with E-state index in [4.69, 9.17) is 4.42 Å². The van der Waals surface area contributed by atoms with E-state index in [0.29, 0.717) is 15.6 Å². The minimum absolute atomic E-state index is 0.00870. The van der Waals surface area contributed by atoms with Gasteiger partial charge in [-0.3, -0.25) is 0 Å². The van der Waals surface area contributed by atoms with Gasteiger partial charge in [0.2, 0.25) is 0 Å². The Bertz CT molecular complexity index is 542. The van der Waals surface area contributed by atoms with E-state index in [-0.39, 0.29) is 11.9 Å². The summed E-state index contributed by atoms with van der Waals surface area (Å²) < 4.78 is 20.2. The summed E-state index contributed by atoms with van der Waals surface area (Å²) in [5.41, 5.74) is 0.905. The fourth-order valence-corrected chi connectivity index (χ4v) is 2.53. The normalized spacial score (nSPS) is 12.7. The molecule has 0 saturated heterocycles. The minimum atomic E-state index is -0.247. The van der Waals surface area contributed by atoms with E-state index < -0.39 is 0 Å². The smallest absolute Gasteiger partial charge is 0.169 e. The fourth-order valence-electron chi connectivity index (χ4n) is 1.79. The van der Waals surface area contributed by atoms with Crippen LogP contribution >= 0.6 is 31.9 Å². The van der Waals surface area contributed by atoms with E-state index in [1.165, 1.54) is 6.07 Å². The molecule has 0 aliphatic heterocycles. The molecule has 1 atom stereocenters. The first-order valence-electron chi connectivity index (χ1n) is 5.47. The molecule has 2 nitrogen and oxygen atoms in total. The second-order valence-electron chi connectivity index (χ2n) is 3.90. The number of benzene rings is 1. The summed E-state index contributed by atoms with van der Waals surface area (Å²) in [6.07, 6.45) is 0.648. The van der Waals surface area contributed by atoms with Gasteiger partial charge >= 0.3 is 0 Å². The molecule has 0 saturated carbocycles. The lowest BCUT2D eigenvalue weighted by Crippen LogP contribution is -2.18. The summed E-state index contributed by atoms with van der Waals surface area (Å²) >= 11 is 6.55. The highest BCUT2D eigenvalue weighted by molar-refractivity contribution is 9.10. The zero-order valence-electron chi connectivity index (χ0n) is 9.71. The first-order chi connectivity index (χ1) is 8.61. The van der Waals surface area contributed by atoms with Gasteiger partial charge in [-0.25, -0.2) is 4.39 Å². The molecule has 0 fully saturated rings. The van der Waals surface area contributed by atoms with Crippen LogP contribution in [0, 0.1) is 5.82 Å². The van der Waals surface area contributed by atoms with Gasteiger partial charge in [0.15, 0.2) is 4.67 Å². The minimum Gasteiger partial charge on any atom is -0.453 e. The zero-order valence-corrected chi connectivity index (χ0v) is 12.9. The Labute approximate surface area is 122 Å². The van der Waals surface area contributed by atoms with Crippen molar-refractivity contribution in [3.05, 3.63) is 56.6 Å². The third-order valence-corrected chi connectivity index (χ3v) is 4.06. The predicted octanol–water partition coefficient (Wildman–Crippen LogP) is 4.45. The summed E-state index contributed by atoms with van der Waals surface area (Å²) in [6.45, 7) is 0. The highest BCUT2D eigenvalue weighted by atomic mass is 79.9. The molecule has 1 heterocycles. The second kappa shape index (κ2) is 5.99. The quantitative estimate of drug-likeness (QED) is 0.852. The summed E-state index contributed by atoms with van der Waals surface area (Å²) in [6, 6.07) is 8.80. The van der Waals surface area contributed by atoms with Crippen LogP contribution in [-0.4, -0.2) is 7.05 Å². The standard InChI is InChI=1S/C13H12Br2FNO/c1-17-10(11-5-6-12(14)18-11)7-8-3-2-4-9(16)13(8)15/h2-6,10,17H,7H2,1H3. The van der Waals surface area contributed by atoms with E-state index >= 15 is 0 Å². The van der Waals surface area contributed by atoms with Crippen LogP contribution in [0.1, 0.15) is 17.4 Å². The number of furan rings is 1. The van der Waals surface area contributed by atoms with Gasteiger partial charge in [-0.1, -0.05) is 12.1 Å². The Morgan fingerprint density at radius 3 is 2.67 bits per heavy atom. The first-order valence-corrected chi connectivity index (χ1v) is 7.06. The van der Waals surface area contributed by atoms with Crippen molar-refractivity contribution in [1.29, 1.82) is 0 Å². The molecule has 0 radical (unpaired) electrons. The van der Waals surface area contributed by atoms with Crippen LogP contribution in [0.15, 0.2) is 43.9 Å². The van der Waals surface area contributed by atoms with Crippen LogP contribution in [0.25, 0.3) is 0 Å². The Balaban J connectivity index is 2.23. The zero-order chi connectivity index (χ0) is 13.1. The second-order valence-corrected chi connectivity index (χ2v) is 5.47. The molecule has 1 unspecified atom stereocenters. The average Bonchev–Trinajstić information content (AvgIpc) is 2.78. The molecule has 1 aromatic heterocycles. The molecule has 5 heteroatoms. The molecule has 0 bridgehead atoms. The molecule has 0 aliphatic rings. The van der Waals surface area contributed by atoms with Crippen molar-refractivity contribution in [2.45, 2.75) is 12.5 Å². The summed E-state index contributed by atoms with van der Waals surface area (Å²) in [7, 11) is 1.86. The fraction of sp³-hybridized carbons (Fsp3) is 0.231. The molecule has 1 N–H and O–H groups in total. The number of nitrogens with one attached hydrogen (secondary N) is 1. The molecule has 2 aromatic rings. The maximum Gasteiger partial charge on any atom is 0.169 e. The summed E-state index contributed by atoms with van der Waals surface area (Å²) in [5.74, 6) is 0.573.